The van der Waals surface area contributed by atoms with Crippen molar-refractivity contribution in [1.29, 1.82) is 0 Å². The van der Waals surface area contributed by atoms with E-state index in [4.69, 9.17) is 0 Å². The molecule has 6 nitrogen and oxygen atoms in total. The van der Waals surface area contributed by atoms with Crippen molar-refractivity contribution < 1.29 is 9.90 Å². The van der Waals surface area contributed by atoms with Gasteiger partial charge in [-0.15, -0.1) is 0 Å². The molecule has 134 valence electrons. The number of amides is 2. The first kappa shape index (κ1) is 18.7. The van der Waals surface area contributed by atoms with Gasteiger partial charge in [0.1, 0.15) is 0 Å². The van der Waals surface area contributed by atoms with Crippen LogP contribution in [-0.4, -0.2) is 63.7 Å². The van der Waals surface area contributed by atoms with Gasteiger partial charge in [0, 0.05) is 44.6 Å². The van der Waals surface area contributed by atoms with Crippen molar-refractivity contribution in [3.63, 3.8) is 0 Å². The summed E-state index contributed by atoms with van der Waals surface area (Å²) >= 11 is 0. The summed E-state index contributed by atoms with van der Waals surface area (Å²) in [6.07, 6.45) is 4.34. The zero-order chi connectivity index (χ0) is 17.7. The highest BCUT2D eigenvalue weighted by Gasteiger charge is 2.30. The van der Waals surface area contributed by atoms with Gasteiger partial charge in [0.15, 0.2) is 0 Å². The van der Waals surface area contributed by atoms with Crippen molar-refractivity contribution >= 4 is 6.03 Å². The number of piperazine rings is 1. The summed E-state index contributed by atoms with van der Waals surface area (Å²) in [5, 5.41) is 13.1. The van der Waals surface area contributed by atoms with Crippen LogP contribution in [0.3, 0.4) is 0 Å². The molecule has 0 bridgehead atoms. The van der Waals surface area contributed by atoms with Gasteiger partial charge in [-0.1, -0.05) is 6.92 Å². The molecule has 1 aromatic rings. The highest BCUT2D eigenvalue weighted by Crippen LogP contribution is 2.18. The van der Waals surface area contributed by atoms with Crippen LogP contribution in [0.1, 0.15) is 45.7 Å². The van der Waals surface area contributed by atoms with E-state index in [0.29, 0.717) is 19.6 Å². The van der Waals surface area contributed by atoms with Gasteiger partial charge in [0.2, 0.25) is 0 Å². The van der Waals surface area contributed by atoms with Crippen LogP contribution in [-0.2, 0) is 0 Å². The summed E-state index contributed by atoms with van der Waals surface area (Å²) in [6.45, 7) is 10.6. The van der Waals surface area contributed by atoms with Gasteiger partial charge in [0.05, 0.1) is 11.6 Å². The van der Waals surface area contributed by atoms with E-state index in [1.54, 1.807) is 12.4 Å². The molecule has 2 heterocycles. The molecule has 1 aliphatic heterocycles. The van der Waals surface area contributed by atoms with Crippen molar-refractivity contribution in [3.05, 3.63) is 30.1 Å². The Kier molecular flexibility index (Phi) is 6.18. The summed E-state index contributed by atoms with van der Waals surface area (Å²) < 4.78 is 0. The second-order valence-corrected chi connectivity index (χ2v) is 7.27. The second-order valence-electron chi connectivity index (χ2n) is 7.27. The molecule has 0 saturated carbocycles. The third kappa shape index (κ3) is 5.18. The van der Waals surface area contributed by atoms with Crippen molar-refractivity contribution in [2.45, 2.75) is 51.8 Å². The number of urea groups is 1. The zero-order valence-electron chi connectivity index (χ0n) is 15.2. The number of nitrogens with one attached hydrogen (secondary N) is 1. The number of carbonyl (C=O) groups excluding carboxylic acids is 1. The van der Waals surface area contributed by atoms with Crippen LogP contribution in [0.4, 0.5) is 4.79 Å². The molecule has 1 aromatic heterocycles. The monoisotopic (exact) mass is 334 g/mol. The molecular formula is C18H30N4O2. The molecule has 0 radical (unpaired) electrons. The lowest BCUT2D eigenvalue weighted by molar-refractivity contribution is 0.00275. The highest BCUT2D eigenvalue weighted by atomic mass is 16.3. The third-order valence-electron chi connectivity index (χ3n) is 4.46. The first-order chi connectivity index (χ1) is 11.3. The summed E-state index contributed by atoms with van der Waals surface area (Å²) in [7, 11) is 0. The molecule has 0 aromatic carbocycles. The molecule has 0 spiro atoms. The molecule has 6 heteroatoms. The molecule has 1 fully saturated rings. The largest absolute Gasteiger partial charge is 0.389 e. The Morgan fingerprint density at radius 2 is 2.08 bits per heavy atom. The van der Waals surface area contributed by atoms with Gasteiger partial charge >= 0.3 is 6.03 Å². The molecule has 0 aliphatic carbocycles. The van der Waals surface area contributed by atoms with Crippen molar-refractivity contribution in [1.82, 2.24) is 20.1 Å². The Labute approximate surface area is 144 Å². The van der Waals surface area contributed by atoms with Gasteiger partial charge in [0.25, 0.3) is 0 Å². The number of hydrogen-bond acceptors (Lipinski definition) is 4. The minimum Gasteiger partial charge on any atom is -0.389 e. The topological polar surface area (TPSA) is 68.7 Å². The van der Waals surface area contributed by atoms with Gasteiger partial charge < -0.3 is 15.3 Å². The van der Waals surface area contributed by atoms with Crippen LogP contribution in [0.25, 0.3) is 0 Å². The van der Waals surface area contributed by atoms with E-state index in [9.17, 15) is 9.90 Å². The minimum atomic E-state index is -0.715. The predicted molar refractivity (Wildman–Crippen MR) is 94.7 cm³/mol. The molecule has 2 amide bonds. The molecule has 2 atom stereocenters. The lowest BCUT2D eigenvalue weighted by Gasteiger charge is -2.42. The average Bonchev–Trinajstić information content (AvgIpc) is 2.54. The molecular weight excluding hydrogens is 304 g/mol. The van der Waals surface area contributed by atoms with Crippen LogP contribution in [0, 0.1) is 0 Å². The summed E-state index contributed by atoms with van der Waals surface area (Å²) in [5.41, 5.74) is 0.363. The maximum absolute atomic E-state index is 12.6. The van der Waals surface area contributed by atoms with E-state index >= 15 is 0 Å². The maximum Gasteiger partial charge on any atom is 0.317 e. The van der Waals surface area contributed by atoms with Crippen LogP contribution < -0.4 is 5.32 Å². The molecule has 0 unspecified atom stereocenters. The number of aromatic nitrogens is 1. The number of β-amino-alcohol motifs (C(OH)–C–C–N with tert-alkyl or cyclic N) is 1. The van der Waals surface area contributed by atoms with Crippen LogP contribution >= 0.6 is 0 Å². The molecule has 1 saturated heterocycles. The lowest BCUT2D eigenvalue weighted by atomic mass is 10.1. The van der Waals surface area contributed by atoms with Crippen LogP contribution in [0.2, 0.25) is 0 Å². The summed E-state index contributed by atoms with van der Waals surface area (Å²) in [5.74, 6) is 0. The van der Waals surface area contributed by atoms with E-state index < -0.39 is 5.60 Å². The quantitative estimate of drug-likeness (QED) is 0.864. The van der Waals surface area contributed by atoms with E-state index in [0.717, 1.165) is 18.5 Å². The van der Waals surface area contributed by atoms with Gasteiger partial charge in [-0.05, 0) is 44.9 Å². The fraction of sp³-hybridized carbons (Fsp3) is 0.667. The van der Waals surface area contributed by atoms with Gasteiger partial charge in [-0.3, -0.25) is 9.88 Å². The van der Waals surface area contributed by atoms with E-state index in [1.807, 2.05) is 30.9 Å². The number of carbonyl (C=O) groups is 1. The zero-order valence-corrected chi connectivity index (χ0v) is 15.2. The Bertz CT molecular complexity index is 530. The average molecular weight is 334 g/mol. The number of hydrogen-bond donors (Lipinski definition) is 2. The molecule has 2 N–H and O–H groups in total. The predicted octanol–water partition coefficient (Wildman–Crippen LogP) is 2.02. The highest BCUT2D eigenvalue weighted by molar-refractivity contribution is 5.75. The lowest BCUT2D eigenvalue weighted by Crippen LogP contribution is -2.58. The van der Waals surface area contributed by atoms with E-state index in [2.05, 4.69) is 29.0 Å². The fourth-order valence-corrected chi connectivity index (χ4v) is 3.17. The Morgan fingerprint density at radius 3 is 2.62 bits per heavy atom. The normalized spacial score (nSPS) is 20.7. The minimum absolute atomic E-state index is 0.00482. The van der Waals surface area contributed by atoms with Gasteiger partial charge in [-0.25, -0.2) is 4.79 Å². The van der Waals surface area contributed by atoms with Crippen molar-refractivity contribution in [3.8, 4) is 0 Å². The number of aliphatic hydroxyl groups is 1. The number of pyridine rings is 1. The van der Waals surface area contributed by atoms with Crippen LogP contribution in [0.5, 0.6) is 0 Å². The second kappa shape index (κ2) is 7.94. The number of nitrogens with zero attached hydrogens (tertiary/aromatic N) is 3. The van der Waals surface area contributed by atoms with Gasteiger partial charge in [-0.2, -0.15) is 0 Å². The summed E-state index contributed by atoms with van der Waals surface area (Å²) in [4.78, 5) is 20.7. The SMILES string of the molecule is CC[C@@H](NC(=O)N1CCN(CC(C)(C)O)[C@H](C)C1)c1ccncc1. The Morgan fingerprint density at radius 1 is 1.42 bits per heavy atom. The van der Waals surface area contributed by atoms with E-state index in [-0.39, 0.29) is 18.1 Å². The van der Waals surface area contributed by atoms with Crippen molar-refractivity contribution in [2.75, 3.05) is 26.2 Å². The molecule has 2 rings (SSSR count). The third-order valence-corrected chi connectivity index (χ3v) is 4.46. The van der Waals surface area contributed by atoms with E-state index in [1.165, 1.54) is 0 Å². The van der Waals surface area contributed by atoms with Crippen molar-refractivity contribution in [2.24, 2.45) is 0 Å². The Balaban J connectivity index is 1.92. The summed E-state index contributed by atoms with van der Waals surface area (Å²) in [6, 6.07) is 4.10. The molecule has 1 aliphatic rings. The maximum atomic E-state index is 12.6. The standard InChI is InChI=1S/C18H30N4O2/c1-5-16(15-6-8-19-9-7-15)20-17(23)21-10-11-22(14(2)12-21)13-18(3,4)24/h6-9,14,16,24H,5,10-13H2,1-4H3,(H,20,23)/t14-,16-/m1/s1. The Hall–Kier alpha value is -1.66. The smallest absolute Gasteiger partial charge is 0.317 e. The molecule has 24 heavy (non-hydrogen) atoms. The fourth-order valence-electron chi connectivity index (χ4n) is 3.17. The first-order valence-electron chi connectivity index (χ1n) is 8.72. The van der Waals surface area contributed by atoms with Crippen LogP contribution in [0.15, 0.2) is 24.5 Å². The number of rotatable bonds is 5. The first-order valence-corrected chi connectivity index (χ1v) is 8.72.